The molecule has 0 bridgehead atoms. The van der Waals surface area contributed by atoms with Crippen LogP contribution in [0.25, 0.3) is 4.96 Å². The minimum Gasteiger partial charge on any atom is -0.302 e. The molecule has 0 radical (unpaired) electrons. The van der Waals surface area contributed by atoms with Crippen LogP contribution >= 0.6 is 22.9 Å². The Bertz CT molecular complexity index is 761. The third kappa shape index (κ3) is 2.49. The second-order valence-corrected chi connectivity index (χ2v) is 8.47. The van der Waals surface area contributed by atoms with E-state index >= 15 is 0 Å². The molecule has 2 heterocycles. The second-order valence-electron chi connectivity index (χ2n) is 5.56. The van der Waals surface area contributed by atoms with E-state index in [1.54, 1.807) is 11.6 Å². The topological polar surface area (TPSA) is 66.7 Å². The van der Waals surface area contributed by atoms with Crippen LogP contribution in [0.3, 0.4) is 0 Å². The van der Waals surface area contributed by atoms with Crippen molar-refractivity contribution in [3.8, 4) is 0 Å². The molecule has 6 nitrogen and oxygen atoms in total. The maximum Gasteiger partial charge on any atom is 0.259 e. The third-order valence-electron chi connectivity index (χ3n) is 4.26. The number of aromatic nitrogens is 2. The zero-order valence-corrected chi connectivity index (χ0v) is 14.2. The lowest BCUT2D eigenvalue weighted by atomic mass is 9.76. The van der Waals surface area contributed by atoms with Crippen molar-refractivity contribution in [2.45, 2.75) is 29.8 Å². The van der Waals surface area contributed by atoms with Gasteiger partial charge in [0.15, 0.2) is 15.1 Å². The van der Waals surface area contributed by atoms with Crippen LogP contribution in [0, 0.1) is 0 Å². The SMILES string of the molecule is CN(C)C1(CNS(=O)(=O)c2c(Cl)nc3sccn23)CCC1. The highest BCUT2D eigenvalue weighted by Gasteiger charge is 2.40. The lowest BCUT2D eigenvalue weighted by Crippen LogP contribution is -2.57. The highest BCUT2D eigenvalue weighted by molar-refractivity contribution is 7.89. The lowest BCUT2D eigenvalue weighted by Gasteiger charge is -2.47. The molecule has 21 heavy (non-hydrogen) atoms. The van der Waals surface area contributed by atoms with Crippen LogP contribution in [0.4, 0.5) is 0 Å². The second kappa shape index (κ2) is 5.20. The first kappa shape index (κ1) is 15.2. The number of rotatable bonds is 5. The van der Waals surface area contributed by atoms with Crippen molar-refractivity contribution in [2.24, 2.45) is 0 Å². The fraction of sp³-hybridized carbons (Fsp3) is 0.583. The van der Waals surface area contributed by atoms with Crippen LogP contribution in [0.2, 0.25) is 5.15 Å². The molecule has 116 valence electrons. The molecular formula is C12H17ClN4O2S2. The van der Waals surface area contributed by atoms with Gasteiger partial charge in [-0.25, -0.2) is 18.1 Å². The third-order valence-corrected chi connectivity index (χ3v) is 6.81. The number of fused-ring (bicyclic) bond motifs is 1. The highest BCUT2D eigenvalue weighted by atomic mass is 35.5. The minimum absolute atomic E-state index is 0.0156. The van der Waals surface area contributed by atoms with Crippen LogP contribution in [-0.2, 0) is 10.0 Å². The van der Waals surface area contributed by atoms with Gasteiger partial charge in [0.25, 0.3) is 10.0 Å². The normalized spacial score (nSPS) is 18.3. The molecule has 2 aromatic rings. The summed E-state index contributed by atoms with van der Waals surface area (Å²) in [4.78, 5) is 6.74. The average molecular weight is 349 g/mol. The van der Waals surface area contributed by atoms with E-state index in [1.807, 2.05) is 14.1 Å². The maximum atomic E-state index is 12.6. The number of nitrogens with zero attached hydrogens (tertiary/aromatic N) is 3. The molecule has 0 aliphatic heterocycles. The van der Waals surface area contributed by atoms with Gasteiger partial charge >= 0.3 is 0 Å². The van der Waals surface area contributed by atoms with Gasteiger partial charge in [-0.1, -0.05) is 11.6 Å². The molecular weight excluding hydrogens is 332 g/mol. The Morgan fingerprint density at radius 2 is 2.24 bits per heavy atom. The van der Waals surface area contributed by atoms with E-state index in [2.05, 4.69) is 14.6 Å². The molecule has 0 amide bonds. The Kier molecular flexibility index (Phi) is 3.77. The molecule has 0 aromatic carbocycles. The van der Waals surface area contributed by atoms with Crippen molar-refractivity contribution in [1.82, 2.24) is 19.0 Å². The van der Waals surface area contributed by atoms with Crippen molar-refractivity contribution in [1.29, 1.82) is 0 Å². The number of hydrogen-bond acceptors (Lipinski definition) is 5. The number of thiazole rings is 1. The van der Waals surface area contributed by atoms with Gasteiger partial charge in [-0.2, -0.15) is 0 Å². The Labute approximate surface area is 132 Å². The number of halogens is 1. The lowest BCUT2D eigenvalue weighted by molar-refractivity contribution is 0.0656. The summed E-state index contributed by atoms with van der Waals surface area (Å²) in [7, 11) is 0.276. The Morgan fingerprint density at radius 1 is 1.52 bits per heavy atom. The molecule has 0 unspecified atom stereocenters. The van der Waals surface area contributed by atoms with Crippen LogP contribution in [0.1, 0.15) is 19.3 Å². The van der Waals surface area contributed by atoms with Gasteiger partial charge in [-0.15, -0.1) is 11.3 Å². The molecule has 1 N–H and O–H groups in total. The van der Waals surface area contributed by atoms with Gasteiger partial charge in [0.2, 0.25) is 0 Å². The molecule has 3 rings (SSSR count). The summed E-state index contributed by atoms with van der Waals surface area (Å²) in [5.41, 5.74) is -0.0853. The fourth-order valence-electron chi connectivity index (χ4n) is 2.64. The van der Waals surface area contributed by atoms with Crippen LogP contribution in [0.5, 0.6) is 0 Å². The Balaban J connectivity index is 1.87. The number of nitrogens with one attached hydrogen (secondary N) is 1. The number of sulfonamides is 1. The van der Waals surface area contributed by atoms with Gasteiger partial charge in [0.05, 0.1) is 0 Å². The zero-order valence-electron chi connectivity index (χ0n) is 11.8. The summed E-state index contributed by atoms with van der Waals surface area (Å²) in [5.74, 6) is 0. The van der Waals surface area contributed by atoms with Crippen molar-refractivity contribution in [3.63, 3.8) is 0 Å². The summed E-state index contributed by atoms with van der Waals surface area (Å²) in [6.45, 7) is 0.385. The predicted molar refractivity (Wildman–Crippen MR) is 83.5 cm³/mol. The smallest absolute Gasteiger partial charge is 0.259 e. The molecule has 1 fully saturated rings. The minimum atomic E-state index is -3.69. The fourth-order valence-corrected chi connectivity index (χ4v) is 5.21. The van der Waals surface area contributed by atoms with Crippen molar-refractivity contribution in [3.05, 3.63) is 16.7 Å². The first-order chi connectivity index (χ1) is 9.86. The van der Waals surface area contributed by atoms with Crippen LogP contribution < -0.4 is 4.72 Å². The largest absolute Gasteiger partial charge is 0.302 e. The van der Waals surface area contributed by atoms with E-state index in [1.165, 1.54) is 15.7 Å². The molecule has 0 atom stereocenters. The molecule has 0 spiro atoms. The maximum absolute atomic E-state index is 12.6. The summed E-state index contributed by atoms with van der Waals surface area (Å²) in [6, 6.07) is 0. The van der Waals surface area contributed by atoms with Gasteiger partial charge in [0, 0.05) is 23.7 Å². The molecule has 1 aliphatic rings. The molecule has 2 aromatic heterocycles. The van der Waals surface area contributed by atoms with E-state index in [4.69, 9.17) is 11.6 Å². The van der Waals surface area contributed by atoms with Crippen molar-refractivity contribution < 1.29 is 8.42 Å². The zero-order chi connectivity index (χ0) is 15.3. The first-order valence-corrected chi connectivity index (χ1v) is 9.38. The molecule has 9 heteroatoms. The van der Waals surface area contributed by atoms with E-state index in [0.717, 1.165) is 19.3 Å². The monoisotopic (exact) mass is 348 g/mol. The molecule has 0 saturated heterocycles. The first-order valence-electron chi connectivity index (χ1n) is 6.64. The van der Waals surface area contributed by atoms with Gasteiger partial charge in [0.1, 0.15) is 0 Å². The molecule has 1 saturated carbocycles. The van der Waals surface area contributed by atoms with Crippen molar-refractivity contribution in [2.75, 3.05) is 20.6 Å². The van der Waals surface area contributed by atoms with E-state index in [-0.39, 0.29) is 15.7 Å². The highest BCUT2D eigenvalue weighted by Crippen LogP contribution is 2.36. The van der Waals surface area contributed by atoms with Crippen molar-refractivity contribution >= 4 is 37.9 Å². The Morgan fingerprint density at radius 3 is 2.81 bits per heavy atom. The standard InChI is InChI=1S/C12H17ClN4O2S2/c1-16(2)12(4-3-5-12)8-14-21(18,19)10-9(13)15-11-17(10)6-7-20-11/h6-7,14H,3-5,8H2,1-2H3. The number of hydrogen-bond donors (Lipinski definition) is 1. The summed E-state index contributed by atoms with van der Waals surface area (Å²) in [6.07, 6.45) is 4.79. The van der Waals surface area contributed by atoms with Crippen LogP contribution in [-0.4, -0.2) is 48.9 Å². The van der Waals surface area contributed by atoms with E-state index < -0.39 is 10.0 Å². The van der Waals surface area contributed by atoms with E-state index in [0.29, 0.717) is 11.5 Å². The quantitative estimate of drug-likeness (QED) is 0.895. The Hall–Kier alpha value is -0.670. The summed E-state index contributed by atoms with van der Waals surface area (Å²) >= 11 is 7.35. The number of imidazole rings is 1. The number of likely N-dealkylation sites (N-methyl/N-ethyl adjacent to an activating group) is 1. The molecule has 1 aliphatic carbocycles. The van der Waals surface area contributed by atoms with E-state index in [9.17, 15) is 8.42 Å². The average Bonchev–Trinajstić information content (AvgIpc) is 2.85. The summed E-state index contributed by atoms with van der Waals surface area (Å²) < 4.78 is 29.3. The summed E-state index contributed by atoms with van der Waals surface area (Å²) in [5, 5.41) is 1.82. The van der Waals surface area contributed by atoms with Crippen LogP contribution in [0.15, 0.2) is 16.6 Å². The van der Waals surface area contributed by atoms with Gasteiger partial charge in [-0.3, -0.25) is 4.40 Å². The van der Waals surface area contributed by atoms with Gasteiger partial charge in [-0.05, 0) is 33.4 Å². The van der Waals surface area contributed by atoms with Gasteiger partial charge < -0.3 is 4.90 Å². The predicted octanol–water partition coefficient (Wildman–Crippen LogP) is 1.81.